The highest BCUT2D eigenvalue weighted by Crippen LogP contribution is 2.15. The molecule has 0 radical (unpaired) electrons. The highest BCUT2D eigenvalue weighted by Gasteiger charge is 2.23. The number of nitrogens with zero attached hydrogens (tertiary/aromatic N) is 2. The van der Waals surface area contributed by atoms with Crippen LogP contribution in [0.1, 0.15) is 17.4 Å². The highest BCUT2D eigenvalue weighted by atomic mass is 19.1. The molecule has 0 aliphatic carbocycles. The minimum Gasteiger partial charge on any atom is -0.448 e. The Kier molecular flexibility index (Phi) is 4.98. The van der Waals surface area contributed by atoms with Crippen LogP contribution in [0.25, 0.3) is 10.8 Å². The third-order valence-electron chi connectivity index (χ3n) is 3.90. The summed E-state index contributed by atoms with van der Waals surface area (Å²) in [5, 5.41) is 7.08. The van der Waals surface area contributed by atoms with Crippen molar-refractivity contribution in [3.63, 3.8) is 0 Å². The molecule has 0 saturated heterocycles. The van der Waals surface area contributed by atoms with Crippen LogP contribution >= 0.6 is 0 Å². The van der Waals surface area contributed by atoms with Gasteiger partial charge in [0.05, 0.1) is 5.39 Å². The lowest BCUT2D eigenvalue weighted by Crippen LogP contribution is -2.31. The number of aromatic nitrogens is 2. The number of hydrogen-bond acceptors (Lipinski definition) is 5. The van der Waals surface area contributed by atoms with Crippen LogP contribution in [0.2, 0.25) is 0 Å². The third-order valence-corrected chi connectivity index (χ3v) is 3.90. The number of amides is 1. The second-order valence-corrected chi connectivity index (χ2v) is 5.87. The summed E-state index contributed by atoms with van der Waals surface area (Å²) in [5.41, 5.74) is -0.175. The number of ether oxygens (including phenoxy) is 1. The molecule has 2 aromatic carbocycles. The Balaban J connectivity index is 1.81. The maximum Gasteiger partial charge on any atom is 0.360 e. The fraction of sp³-hybridized carbons (Fsp3) is 0.158. The summed E-state index contributed by atoms with van der Waals surface area (Å²) in [6.45, 7) is 1.39. The molecule has 0 aliphatic rings. The van der Waals surface area contributed by atoms with E-state index in [2.05, 4.69) is 10.4 Å². The summed E-state index contributed by atoms with van der Waals surface area (Å²) in [7, 11) is 1.42. The summed E-state index contributed by atoms with van der Waals surface area (Å²) in [6.07, 6.45) is -1.15. The van der Waals surface area contributed by atoms with E-state index in [0.717, 1.165) is 10.7 Å². The fourth-order valence-corrected chi connectivity index (χ4v) is 2.53. The molecule has 1 N–H and O–H groups in total. The van der Waals surface area contributed by atoms with Gasteiger partial charge in [-0.05, 0) is 31.2 Å². The molecule has 8 heteroatoms. The molecular formula is C19H16FN3O4. The van der Waals surface area contributed by atoms with E-state index in [1.54, 1.807) is 24.3 Å². The van der Waals surface area contributed by atoms with Crippen LogP contribution in [-0.4, -0.2) is 27.8 Å². The van der Waals surface area contributed by atoms with Gasteiger partial charge in [0.15, 0.2) is 11.8 Å². The number of nitrogens with one attached hydrogen (secondary N) is 1. The second kappa shape index (κ2) is 7.36. The van der Waals surface area contributed by atoms with E-state index >= 15 is 0 Å². The quantitative estimate of drug-likeness (QED) is 0.713. The minimum absolute atomic E-state index is 0.0712. The summed E-state index contributed by atoms with van der Waals surface area (Å²) in [4.78, 5) is 36.8. The molecule has 1 amide bonds. The Hall–Kier alpha value is -3.55. The smallest absolute Gasteiger partial charge is 0.360 e. The molecule has 138 valence electrons. The Morgan fingerprint density at radius 3 is 2.56 bits per heavy atom. The van der Waals surface area contributed by atoms with Crippen molar-refractivity contribution in [1.82, 2.24) is 9.78 Å². The normalized spacial score (nSPS) is 11.8. The number of benzene rings is 2. The molecule has 0 saturated carbocycles. The Labute approximate surface area is 153 Å². The fourth-order valence-electron chi connectivity index (χ4n) is 2.53. The standard InChI is InChI=1S/C19H16FN3O4/c1-11(17(24)21-13-7-5-6-12(20)10-13)27-19(26)16-14-8-3-4-9-15(14)18(25)23(2)22-16/h3-11H,1-2H3,(H,21,24)/t11-/m0/s1. The van der Waals surface area contributed by atoms with Crippen LogP contribution in [0.3, 0.4) is 0 Å². The number of halogens is 1. The first-order valence-corrected chi connectivity index (χ1v) is 8.10. The van der Waals surface area contributed by atoms with E-state index < -0.39 is 23.8 Å². The van der Waals surface area contributed by atoms with Gasteiger partial charge in [-0.1, -0.05) is 24.3 Å². The minimum atomic E-state index is -1.15. The molecular weight excluding hydrogens is 353 g/mol. The highest BCUT2D eigenvalue weighted by molar-refractivity contribution is 6.03. The van der Waals surface area contributed by atoms with Gasteiger partial charge < -0.3 is 10.1 Å². The first-order valence-electron chi connectivity index (χ1n) is 8.10. The monoisotopic (exact) mass is 369 g/mol. The lowest BCUT2D eigenvalue weighted by atomic mass is 10.1. The summed E-state index contributed by atoms with van der Waals surface area (Å²) >= 11 is 0. The van der Waals surface area contributed by atoms with E-state index in [1.807, 2.05) is 0 Å². The van der Waals surface area contributed by atoms with Crippen LogP contribution in [0.4, 0.5) is 10.1 Å². The van der Waals surface area contributed by atoms with Crippen molar-refractivity contribution in [3.05, 3.63) is 70.4 Å². The number of rotatable bonds is 4. The number of fused-ring (bicyclic) bond motifs is 1. The van der Waals surface area contributed by atoms with Gasteiger partial charge in [0, 0.05) is 18.1 Å². The maximum absolute atomic E-state index is 13.2. The van der Waals surface area contributed by atoms with Crippen molar-refractivity contribution in [3.8, 4) is 0 Å². The average Bonchev–Trinajstić information content (AvgIpc) is 2.64. The predicted molar refractivity (Wildman–Crippen MR) is 96.9 cm³/mol. The summed E-state index contributed by atoms with van der Waals surface area (Å²) in [5.74, 6) is -1.97. The van der Waals surface area contributed by atoms with Gasteiger partial charge in [0.25, 0.3) is 11.5 Å². The van der Waals surface area contributed by atoms with E-state index in [0.29, 0.717) is 10.8 Å². The molecule has 0 unspecified atom stereocenters. The van der Waals surface area contributed by atoms with Crippen molar-refractivity contribution in [2.45, 2.75) is 13.0 Å². The van der Waals surface area contributed by atoms with Gasteiger partial charge in [-0.15, -0.1) is 0 Å². The first-order chi connectivity index (χ1) is 12.9. The molecule has 0 aliphatic heterocycles. The average molecular weight is 369 g/mol. The van der Waals surface area contributed by atoms with Gasteiger partial charge in [0.2, 0.25) is 0 Å². The number of hydrogen-bond donors (Lipinski definition) is 1. The van der Waals surface area contributed by atoms with E-state index in [4.69, 9.17) is 4.74 Å². The maximum atomic E-state index is 13.2. The van der Waals surface area contributed by atoms with Crippen molar-refractivity contribution in [2.75, 3.05) is 5.32 Å². The van der Waals surface area contributed by atoms with Crippen molar-refractivity contribution >= 4 is 28.3 Å². The second-order valence-electron chi connectivity index (χ2n) is 5.87. The molecule has 1 heterocycles. The summed E-state index contributed by atoms with van der Waals surface area (Å²) in [6, 6.07) is 11.9. The molecule has 0 bridgehead atoms. The Bertz CT molecular complexity index is 1090. The largest absolute Gasteiger partial charge is 0.448 e. The lowest BCUT2D eigenvalue weighted by molar-refractivity contribution is -0.123. The number of esters is 1. The lowest BCUT2D eigenvalue weighted by Gasteiger charge is -2.14. The first kappa shape index (κ1) is 18.2. The van der Waals surface area contributed by atoms with Crippen LogP contribution in [0, 0.1) is 5.82 Å². The SMILES string of the molecule is C[C@H](OC(=O)c1nn(C)c(=O)c2ccccc12)C(=O)Nc1cccc(F)c1. The van der Waals surface area contributed by atoms with Crippen LogP contribution < -0.4 is 10.9 Å². The van der Waals surface area contributed by atoms with Crippen molar-refractivity contribution in [2.24, 2.45) is 7.05 Å². The summed E-state index contributed by atoms with van der Waals surface area (Å²) < 4.78 is 19.4. The number of carbonyl (C=O) groups is 2. The zero-order chi connectivity index (χ0) is 19.6. The van der Waals surface area contributed by atoms with E-state index in [1.165, 1.54) is 32.2 Å². The molecule has 0 spiro atoms. The topological polar surface area (TPSA) is 90.3 Å². The molecule has 7 nitrogen and oxygen atoms in total. The van der Waals surface area contributed by atoms with Crippen LogP contribution in [0.5, 0.6) is 0 Å². The number of carbonyl (C=O) groups excluding carboxylic acids is 2. The Morgan fingerprint density at radius 2 is 1.85 bits per heavy atom. The molecule has 3 aromatic rings. The predicted octanol–water partition coefficient (Wildman–Crippen LogP) is 2.26. The van der Waals surface area contributed by atoms with Crippen LogP contribution in [-0.2, 0) is 16.6 Å². The zero-order valence-corrected chi connectivity index (χ0v) is 14.6. The van der Waals surface area contributed by atoms with Crippen LogP contribution in [0.15, 0.2) is 53.3 Å². The molecule has 1 aromatic heterocycles. The van der Waals surface area contributed by atoms with E-state index in [-0.39, 0.29) is 16.9 Å². The van der Waals surface area contributed by atoms with Crippen molar-refractivity contribution in [1.29, 1.82) is 0 Å². The third kappa shape index (κ3) is 3.84. The Morgan fingerprint density at radius 1 is 1.15 bits per heavy atom. The van der Waals surface area contributed by atoms with Gasteiger partial charge in [-0.25, -0.2) is 13.9 Å². The molecule has 1 atom stereocenters. The number of anilines is 1. The van der Waals surface area contributed by atoms with E-state index in [9.17, 15) is 18.8 Å². The number of aryl methyl sites for hydroxylation is 1. The van der Waals surface area contributed by atoms with Gasteiger partial charge in [-0.3, -0.25) is 9.59 Å². The molecule has 27 heavy (non-hydrogen) atoms. The molecule has 3 rings (SSSR count). The van der Waals surface area contributed by atoms with Gasteiger partial charge in [-0.2, -0.15) is 5.10 Å². The molecule has 0 fully saturated rings. The van der Waals surface area contributed by atoms with Gasteiger partial charge >= 0.3 is 5.97 Å². The van der Waals surface area contributed by atoms with Gasteiger partial charge in [0.1, 0.15) is 5.82 Å². The van der Waals surface area contributed by atoms with Crippen molar-refractivity contribution < 1.29 is 18.7 Å². The zero-order valence-electron chi connectivity index (χ0n) is 14.6.